The van der Waals surface area contributed by atoms with Crippen LogP contribution in [-0.4, -0.2) is 111 Å². The Kier molecular flexibility index (Phi) is 29.1. The minimum absolute atomic E-state index is 0. The molecule has 5 rings (SSSR count). The number of nitriles is 1. The second-order valence-corrected chi connectivity index (χ2v) is 15.6. The fourth-order valence-electron chi connectivity index (χ4n) is 5.42. The van der Waals surface area contributed by atoms with Crippen molar-refractivity contribution in [3.63, 3.8) is 0 Å². The van der Waals surface area contributed by atoms with E-state index >= 15 is 0 Å². The van der Waals surface area contributed by atoms with E-state index in [1.165, 1.54) is 46.2 Å². The summed E-state index contributed by atoms with van der Waals surface area (Å²) in [5, 5.41) is 33.0. The number of para-hydroxylation sites is 1. The van der Waals surface area contributed by atoms with Crippen LogP contribution in [0.5, 0.6) is 5.75 Å². The molecule has 0 unspecified atom stereocenters. The van der Waals surface area contributed by atoms with Gasteiger partial charge < -0.3 is 52.6 Å². The Morgan fingerprint density at radius 3 is 1.13 bits per heavy atom. The van der Waals surface area contributed by atoms with Crippen molar-refractivity contribution in [1.29, 1.82) is 5.26 Å². The summed E-state index contributed by atoms with van der Waals surface area (Å²) < 4.78 is 6.05. The first-order valence-electron chi connectivity index (χ1n) is 18.4. The van der Waals surface area contributed by atoms with Gasteiger partial charge in [0.15, 0.2) is 0 Å². The van der Waals surface area contributed by atoms with Crippen LogP contribution in [-0.2, 0) is 62.5 Å². The van der Waals surface area contributed by atoms with E-state index in [-0.39, 0.29) is 68.3 Å². The molecule has 0 spiro atoms. The van der Waals surface area contributed by atoms with Crippen LogP contribution in [0.25, 0.3) is 0 Å². The molecule has 12 nitrogen and oxygen atoms in total. The molecular formula is C39H65BCuMoN10O2S. The van der Waals surface area contributed by atoms with E-state index in [9.17, 15) is 5.11 Å². The number of hydrogen-bond acceptors (Lipinski definition) is 8. The van der Waals surface area contributed by atoms with Crippen molar-refractivity contribution in [1.82, 2.24) is 43.8 Å². The molecule has 4 aromatic rings. The predicted octanol–water partition coefficient (Wildman–Crippen LogP) is 5.56. The Balaban J connectivity index is -0.000000763. The standard InChI is InChI=1S/C18H28BN6.C10H14O.C9H21N3.C2H3N.Cu.Mo.O.S/c1-13(2)16-7-10-23(20-16)19(24-11-8-17(21-24)14(3)4)25-12-9-18(22-25)15(5)6;1-10(2,3)8-6-4-5-7-9(8)11;1-10-4-6-11(2)8-9-12(3)7-5-10;1-2-3;;;;/h7-15,19H,1-6H3;4-7,11H,1-3H3;4-9H2,1-3H3;1H3;;;;/q-1;;;;+2;+4;2*-2/p-1. The van der Waals surface area contributed by atoms with Crippen LogP contribution >= 0.6 is 0 Å². The van der Waals surface area contributed by atoms with Gasteiger partial charge in [-0.2, -0.15) is 5.26 Å². The Labute approximate surface area is 364 Å². The summed E-state index contributed by atoms with van der Waals surface area (Å²) in [6.07, 6.45) is 6.13. The largest absolute Gasteiger partial charge is 4.00 e. The fraction of sp³-hybridized carbons (Fsp3) is 0.590. The molecule has 16 heteroatoms. The number of likely N-dealkylation sites (N-methyl/N-ethyl adjacent to an activating group) is 3. The number of benzene rings is 1. The van der Waals surface area contributed by atoms with Crippen molar-refractivity contribution in [2.75, 3.05) is 60.4 Å². The summed E-state index contributed by atoms with van der Waals surface area (Å²) in [5.74, 6) is 1.33. The molecule has 55 heavy (non-hydrogen) atoms. The van der Waals surface area contributed by atoms with Gasteiger partial charge in [0.1, 0.15) is 0 Å². The minimum atomic E-state index is -1.27. The van der Waals surface area contributed by atoms with E-state index in [4.69, 9.17) is 20.6 Å². The molecule has 0 amide bonds. The molecule has 0 N–H and O–H groups in total. The zero-order valence-electron chi connectivity index (χ0n) is 35.4. The second-order valence-electron chi connectivity index (χ2n) is 15.6. The summed E-state index contributed by atoms with van der Waals surface area (Å²) in [4.78, 5) is 7.20. The van der Waals surface area contributed by atoms with Crippen LogP contribution in [0, 0.1) is 11.3 Å². The normalized spacial score (nSPS) is 13.7. The summed E-state index contributed by atoms with van der Waals surface area (Å²) in [7, 11) is 5.34. The maximum Gasteiger partial charge on any atom is 4.00 e. The van der Waals surface area contributed by atoms with Gasteiger partial charge in [-0.25, -0.2) is 15.3 Å². The molecule has 1 radical (unpaired) electrons. The van der Waals surface area contributed by atoms with Crippen LogP contribution in [0.2, 0.25) is 0 Å². The molecule has 3 aromatic heterocycles. The maximum absolute atomic E-state index is 11.3. The zero-order valence-corrected chi connectivity index (χ0v) is 39.1. The van der Waals surface area contributed by atoms with Crippen LogP contribution in [0.1, 0.15) is 110 Å². The maximum atomic E-state index is 11.3. The van der Waals surface area contributed by atoms with Gasteiger partial charge in [-0.05, 0) is 81.1 Å². The van der Waals surface area contributed by atoms with Crippen LogP contribution in [0.4, 0.5) is 0 Å². The first-order valence-corrected chi connectivity index (χ1v) is 18.4. The van der Waals surface area contributed by atoms with Crippen LogP contribution in [0.15, 0.2) is 61.1 Å². The smallest absolute Gasteiger partial charge is 2.00 e. The van der Waals surface area contributed by atoms with Gasteiger partial charge in [0.05, 0.1) is 23.2 Å². The third kappa shape index (κ3) is 19.5. The van der Waals surface area contributed by atoms with Gasteiger partial charge in [0.2, 0.25) is 0 Å². The molecular weight excluding hydrogens is 843 g/mol. The molecule has 1 aliphatic heterocycles. The molecule has 309 valence electrons. The molecule has 0 aliphatic carbocycles. The average Bonchev–Trinajstić information content (AvgIpc) is 3.85. The number of hydrogen-bond donors (Lipinski definition) is 0. The molecule has 4 heterocycles. The van der Waals surface area contributed by atoms with Gasteiger partial charge in [0.25, 0.3) is 0 Å². The minimum Gasteiger partial charge on any atom is -2.00 e. The molecule has 0 bridgehead atoms. The van der Waals surface area contributed by atoms with E-state index in [1.807, 2.05) is 65.3 Å². The molecule has 0 saturated carbocycles. The summed E-state index contributed by atoms with van der Waals surface area (Å²) in [5.41, 5.74) is 4.12. The van der Waals surface area contributed by atoms with Crippen molar-refractivity contribution in [3.05, 3.63) is 83.7 Å². The fourth-order valence-corrected chi connectivity index (χ4v) is 5.42. The van der Waals surface area contributed by atoms with Crippen LogP contribution in [0.3, 0.4) is 0 Å². The van der Waals surface area contributed by atoms with Crippen molar-refractivity contribution in [2.45, 2.75) is 92.4 Å². The van der Waals surface area contributed by atoms with E-state index in [0.717, 1.165) is 22.6 Å². The van der Waals surface area contributed by atoms with Gasteiger partial charge >= 0.3 is 45.3 Å². The van der Waals surface area contributed by atoms with Gasteiger partial charge in [-0.15, -0.1) is 5.75 Å². The van der Waals surface area contributed by atoms with E-state index in [1.54, 1.807) is 18.2 Å². The van der Waals surface area contributed by atoms with Crippen molar-refractivity contribution in [2.24, 2.45) is 0 Å². The zero-order chi connectivity index (χ0) is 38.3. The summed E-state index contributed by atoms with van der Waals surface area (Å²) in [6.45, 7) is 27.7. The third-order valence-electron chi connectivity index (χ3n) is 8.91. The molecule has 1 aromatic carbocycles. The Morgan fingerprint density at radius 1 is 0.655 bits per heavy atom. The van der Waals surface area contributed by atoms with Gasteiger partial charge in [-0.3, -0.25) is 0 Å². The number of rotatable bonds is 6. The SMILES string of the molecule is CC#N.CC(C)(C)c1ccccc1[O-].CC(C)c1ccn([BH-](n2ccc(C(C)C)n2)n2ccc(C(C)C)n2)n1.CN1CCN(C)CCN(C)CC1.[Cu+2].[Mo+4].[O-2].[S-2]. The quantitative estimate of drug-likeness (QED) is 0.229. The Bertz CT molecular complexity index is 1470. The van der Waals surface area contributed by atoms with E-state index in [2.05, 4.69) is 95.6 Å². The second kappa shape index (κ2) is 28.1. The summed E-state index contributed by atoms with van der Waals surface area (Å²) in [6, 6.07) is 15.2. The topological polar surface area (TPSA) is 139 Å². The van der Waals surface area contributed by atoms with Gasteiger partial charge in [-0.1, -0.05) is 92.1 Å². The van der Waals surface area contributed by atoms with Crippen LogP contribution < -0.4 is 5.11 Å². The van der Waals surface area contributed by atoms with E-state index < -0.39 is 7.12 Å². The first-order chi connectivity index (χ1) is 24.0. The van der Waals surface area contributed by atoms with Crippen molar-refractivity contribution < 1.29 is 48.7 Å². The molecule has 0 atom stereocenters. The first kappa shape index (κ1) is 56.9. The Morgan fingerprint density at radius 2 is 0.927 bits per heavy atom. The van der Waals surface area contributed by atoms with E-state index in [0.29, 0.717) is 17.8 Å². The van der Waals surface area contributed by atoms with Crippen molar-refractivity contribution >= 4 is 20.6 Å². The third-order valence-corrected chi connectivity index (χ3v) is 8.91. The molecule has 1 saturated heterocycles. The van der Waals surface area contributed by atoms with Gasteiger partial charge in [0, 0.05) is 46.2 Å². The molecule has 1 fully saturated rings. The average molecular weight is 908 g/mol. The Hall–Kier alpha value is -2.40. The number of nitrogens with zero attached hydrogens (tertiary/aromatic N) is 10. The monoisotopic (exact) mass is 909 g/mol. The summed E-state index contributed by atoms with van der Waals surface area (Å²) >= 11 is 0. The molecule has 1 aliphatic rings. The predicted molar refractivity (Wildman–Crippen MR) is 219 cm³/mol. The van der Waals surface area contributed by atoms with Crippen molar-refractivity contribution in [3.8, 4) is 11.8 Å². The number of aromatic nitrogens is 6.